The van der Waals surface area contributed by atoms with Crippen molar-refractivity contribution >= 4 is 28.5 Å². The van der Waals surface area contributed by atoms with Crippen LogP contribution in [-0.2, 0) is 17.6 Å². The number of aromatic nitrogens is 1. The molecule has 6 nitrogen and oxygen atoms in total. The van der Waals surface area contributed by atoms with Gasteiger partial charge in [-0.2, -0.15) is 0 Å². The molecule has 3 amide bonds. The lowest BCUT2D eigenvalue weighted by molar-refractivity contribution is -0.134. The van der Waals surface area contributed by atoms with E-state index in [0.29, 0.717) is 12.1 Å². The van der Waals surface area contributed by atoms with Crippen molar-refractivity contribution in [1.82, 2.24) is 15.2 Å². The number of para-hydroxylation sites is 1. The number of carbonyl (C=O) groups excluding carboxylic acids is 2. The summed E-state index contributed by atoms with van der Waals surface area (Å²) in [6.45, 7) is 3.60. The van der Waals surface area contributed by atoms with E-state index >= 15 is 0 Å². The third kappa shape index (κ3) is 5.08. The standard InChI is InChI=1S/C25H30N4O2/c1-2-18-10-12-20(13-11-18)27-25(31)28-23(24(30)29-14-6-3-7-15-29)16-19-17-26-22-9-5-4-8-21(19)22/h4-5,8-13,17,23,26H,2-3,6-7,14-16H2,1H3,(H2,27,28,31). The lowest BCUT2D eigenvalue weighted by Gasteiger charge is -2.30. The first-order chi connectivity index (χ1) is 15.1. The molecule has 3 aromatic rings. The van der Waals surface area contributed by atoms with Gasteiger partial charge in [-0.1, -0.05) is 37.3 Å². The van der Waals surface area contributed by atoms with Crippen molar-refractivity contribution in [3.05, 3.63) is 65.9 Å². The summed E-state index contributed by atoms with van der Waals surface area (Å²) < 4.78 is 0. The molecule has 1 aliphatic rings. The number of aromatic amines is 1. The van der Waals surface area contributed by atoms with Gasteiger partial charge >= 0.3 is 6.03 Å². The highest BCUT2D eigenvalue weighted by Gasteiger charge is 2.28. The molecule has 1 aliphatic heterocycles. The zero-order valence-corrected chi connectivity index (χ0v) is 18.0. The number of fused-ring (bicyclic) bond motifs is 1. The summed E-state index contributed by atoms with van der Waals surface area (Å²) >= 11 is 0. The number of nitrogens with one attached hydrogen (secondary N) is 3. The Hall–Kier alpha value is -3.28. The highest BCUT2D eigenvalue weighted by molar-refractivity contribution is 5.94. The summed E-state index contributed by atoms with van der Waals surface area (Å²) in [6.07, 6.45) is 6.51. The van der Waals surface area contributed by atoms with E-state index in [-0.39, 0.29) is 11.9 Å². The molecule has 1 fully saturated rings. The summed E-state index contributed by atoms with van der Waals surface area (Å²) in [5.74, 6) is -0.0125. The van der Waals surface area contributed by atoms with Crippen LogP contribution in [0.1, 0.15) is 37.3 Å². The van der Waals surface area contributed by atoms with Gasteiger partial charge in [0.05, 0.1) is 0 Å². The first kappa shape index (κ1) is 21.0. The maximum Gasteiger partial charge on any atom is 0.319 e. The molecule has 1 unspecified atom stereocenters. The number of likely N-dealkylation sites (tertiary alicyclic amines) is 1. The van der Waals surface area contributed by atoms with Crippen LogP contribution in [0.5, 0.6) is 0 Å². The molecule has 0 radical (unpaired) electrons. The Kier molecular flexibility index (Phi) is 6.55. The van der Waals surface area contributed by atoms with Crippen LogP contribution in [0.25, 0.3) is 10.9 Å². The van der Waals surface area contributed by atoms with E-state index < -0.39 is 6.04 Å². The molecule has 0 aliphatic carbocycles. The number of H-pyrrole nitrogens is 1. The Bertz CT molecular complexity index is 1040. The fourth-order valence-electron chi connectivity index (χ4n) is 4.20. The van der Waals surface area contributed by atoms with Crippen LogP contribution in [0.3, 0.4) is 0 Å². The number of hydrogen-bond donors (Lipinski definition) is 3. The van der Waals surface area contributed by atoms with Crippen LogP contribution in [0.15, 0.2) is 54.7 Å². The maximum absolute atomic E-state index is 13.3. The lowest BCUT2D eigenvalue weighted by atomic mass is 10.0. The molecule has 0 bridgehead atoms. The fraction of sp³-hybridized carbons (Fsp3) is 0.360. The number of nitrogens with zero attached hydrogens (tertiary/aromatic N) is 1. The number of urea groups is 1. The van der Waals surface area contributed by atoms with Gasteiger partial charge in [0.25, 0.3) is 0 Å². The van der Waals surface area contributed by atoms with Crippen molar-refractivity contribution in [2.24, 2.45) is 0 Å². The van der Waals surface area contributed by atoms with Crippen LogP contribution < -0.4 is 10.6 Å². The minimum absolute atomic E-state index is 0.0125. The molecule has 0 saturated carbocycles. The largest absolute Gasteiger partial charge is 0.361 e. The van der Waals surface area contributed by atoms with E-state index in [4.69, 9.17) is 0 Å². The zero-order valence-electron chi connectivity index (χ0n) is 18.0. The Morgan fingerprint density at radius 2 is 1.77 bits per heavy atom. The van der Waals surface area contributed by atoms with Crippen LogP contribution in [0, 0.1) is 0 Å². The average molecular weight is 419 g/mol. The molecule has 4 rings (SSSR count). The SMILES string of the molecule is CCc1ccc(NC(=O)NC(Cc2c[nH]c3ccccc23)C(=O)N2CCCCC2)cc1. The van der Waals surface area contributed by atoms with Gasteiger partial charge in [0.1, 0.15) is 6.04 Å². The first-order valence-corrected chi connectivity index (χ1v) is 11.1. The smallest absolute Gasteiger partial charge is 0.319 e. The molecule has 0 spiro atoms. The van der Waals surface area contributed by atoms with Crippen molar-refractivity contribution in [2.75, 3.05) is 18.4 Å². The highest BCUT2D eigenvalue weighted by Crippen LogP contribution is 2.20. The molecule has 1 aromatic heterocycles. The average Bonchev–Trinajstić information content (AvgIpc) is 3.22. The number of benzene rings is 2. The molecule has 2 heterocycles. The second kappa shape index (κ2) is 9.69. The molecule has 6 heteroatoms. The summed E-state index contributed by atoms with van der Waals surface area (Å²) in [6, 6.07) is 14.8. The number of anilines is 1. The van der Waals surface area contributed by atoms with Gasteiger partial charge in [-0.15, -0.1) is 0 Å². The van der Waals surface area contributed by atoms with E-state index in [1.165, 1.54) is 5.56 Å². The van der Waals surface area contributed by atoms with Crippen molar-refractivity contribution in [3.8, 4) is 0 Å². The normalized spacial score (nSPS) is 14.9. The Labute approximate surface area is 183 Å². The summed E-state index contributed by atoms with van der Waals surface area (Å²) in [4.78, 5) is 31.2. The number of rotatable bonds is 6. The van der Waals surface area contributed by atoms with E-state index in [9.17, 15) is 9.59 Å². The van der Waals surface area contributed by atoms with E-state index in [0.717, 1.165) is 55.2 Å². The van der Waals surface area contributed by atoms with Gasteiger partial charge in [0.15, 0.2) is 0 Å². The minimum atomic E-state index is -0.618. The van der Waals surface area contributed by atoms with Crippen LogP contribution in [0.4, 0.5) is 10.5 Å². The topological polar surface area (TPSA) is 77.2 Å². The molecule has 1 saturated heterocycles. The molecular formula is C25H30N4O2. The van der Waals surface area contributed by atoms with Crippen molar-refractivity contribution in [1.29, 1.82) is 0 Å². The van der Waals surface area contributed by atoms with Crippen LogP contribution in [-0.4, -0.2) is 41.0 Å². The Morgan fingerprint density at radius 1 is 1.03 bits per heavy atom. The second-order valence-electron chi connectivity index (χ2n) is 8.15. The minimum Gasteiger partial charge on any atom is -0.361 e. The van der Waals surface area contributed by atoms with Crippen molar-refractivity contribution < 1.29 is 9.59 Å². The lowest BCUT2D eigenvalue weighted by Crippen LogP contribution is -2.52. The third-order valence-electron chi connectivity index (χ3n) is 5.99. The monoisotopic (exact) mass is 418 g/mol. The molecule has 1 atom stereocenters. The van der Waals surface area contributed by atoms with Gasteiger partial charge in [-0.25, -0.2) is 4.79 Å². The Balaban J connectivity index is 1.51. The number of piperidine rings is 1. The van der Waals surface area contributed by atoms with Gasteiger partial charge in [0.2, 0.25) is 5.91 Å². The van der Waals surface area contributed by atoms with Crippen molar-refractivity contribution in [2.45, 2.75) is 45.1 Å². The van der Waals surface area contributed by atoms with E-state index in [1.54, 1.807) is 0 Å². The van der Waals surface area contributed by atoms with Gasteiger partial charge in [0, 0.05) is 42.3 Å². The maximum atomic E-state index is 13.3. The van der Waals surface area contributed by atoms with Crippen molar-refractivity contribution in [3.63, 3.8) is 0 Å². The van der Waals surface area contributed by atoms with E-state index in [1.807, 2.05) is 59.6 Å². The molecule has 3 N–H and O–H groups in total. The van der Waals surface area contributed by atoms with E-state index in [2.05, 4.69) is 22.5 Å². The van der Waals surface area contributed by atoms with Gasteiger partial charge < -0.3 is 20.5 Å². The molecular weight excluding hydrogens is 388 g/mol. The molecule has 162 valence electrons. The summed E-state index contributed by atoms with van der Waals surface area (Å²) in [7, 11) is 0. The van der Waals surface area contributed by atoms with Gasteiger partial charge in [-0.05, 0) is 55.0 Å². The Morgan fingerprint density at radius 3 is 2.52 bits per heavy atom. The zero-order chi connectivity index (χ0) is 21.6. The quantitative estimate of drug-likeness (QED) is 0.552. The predicted octanol–water partition coefficient (Wildman–Crippen LogP) is 4.48. The summed E-state index contributed by atoms with van der Waals surface area (Å²) in [5.41, 5.74) is 3.98. The first-order valence-electron chi connectivity index (χ1n) is 11.1. The van der Waals surface area contributed by atoms with Crippen LogP contribution in [0.2, 0.25) is 0 Å². The van der Waals surface area contributed by atoms with Gasteiger partial charge in [-0.3, -0.25) is 4.79 Å². The molecule has 2 aromatic carbocycles. The number of carbonyl (C=O) groups is 2. The number of aryl methyl sites for hydroxylation is 1. The van der Waals surface area contributed by atoms with Crippen LogP contribution >= 0.6 is 0 Å². The molecule has 31 heavy (non-hydrogen) atoms. The number of amides is 3. The fourth-order valence-corrected chi connectivity index (χ4v) is 4.20. The second-order valence-corrected chi connectivity index (χ2v) is 8.15. The third-order valence-corrected chi connectivity index (χ3v) is 5.99. The summed E-state index contributed by atoms with van der Waals surface area (Å²) in [5, 5.41) is 6.89. The predicted molar refractivity (Wildman–Crippen MR) is 124 cm³/mol. The number of hydrogen-bond acceptors (Lipinski definition) is 2. The highest BCUT2D eigenvalue weighted by atomic mass is 16.2.